The lowest BCUT2D eigenvalue weighted by atomic mass is 10.3. The number of nitrogens with zero attached hydrogens (tertiary/aromatic N) is 5. The maximum Gasteiger partial charge on any atom is 0.275 e. The Kier molecular flexibility index (Phi) is 3.61. The maximum absolute atomic E-state index is 12.6. The van der Waals surface area contributed by atoms with Crippen molar-refractivity contribution in [2.24, 2.45) is 7.05 Å². The Hall–Kier alpha value is -3.00. The standard InChI is InChI=1S/C17H16N6OS/c1-10-8-13(22(3)20-10)16(24)19-15-9-11(2)21-23(15)17-18-12-6-4-5-7-14(12)25-17/h4-9H,1-3H3,(H,19,24). The fraction of sp³-hybridized carbons (Fsp3) is 0.176. The van der Waals surface area contributed by atoms with Gasteiger partial charge in [-0.05, 0) is 32.0 Å². The molecule has 3 heterocycles. The number of fused-ring (bicyclic) bond motifs is 1. The number of para-hydroxylation sites is 1. The number of aromatic nitrogens is 5. The minimum absolute atomic E-state index is 0.231. The number of amides is 1. The van der Waals surface area contributed by atoms with Gasteiger partial charge >= 0.3 is 0 Å². The van der Waals surface area contributed by atoms with Crippen molar-refractivity contribution in [1.82, 2.24) is 24.5 Å². The average Bonchev–Trinajstić information content (AvgIpc) is 3.23. The first kappa shape index (κ1) is 15.5. The molecule has 3 aromatic heterocycles. The molecule has 126 valence electrons. The molecule has 0 saturated heterocycles. The van der Waals surface area contributed by atoms with Gasteiger partial charge in [0.2, 0.25) is 5.13 Å². The number of thiazole rings is 1. The summed E-state index contributed by atoms with van der Waals surface area (Å²) in [6.45, 7) is 3.74. The molecule has 0 atom stereocenters. The molecular formula is C17H16N6OS. The SMILES string of the molecule is Cc1cc(C(=O)Nc2cc(C)nn2-c2nc3ccccc3s2)n(C)n1. The molecule has 4 aromatic rings. The second kappa shape index (κ2) is 5.82. The quantitative estimate of drug-likeness (QED) is 0.615. The fourth-order valence-corrected chi connectivity index (χ4v) is 3.62. The third-order valence-corrected chi connectivity index (χ3v) is 4.78. The van der Waals surface area contributed by atoms with Gasteiger partial charge in [-0.15, -0.1) is 0 Å². The topological polar surface area (TPSA) is 77.6 Å². The van der Waals surface area contributed by atoms with Crippen LogP contribution in [0.15, 0.2) is 36.4 Å². The van der Waals surface area contributed by atoms with E-state index in [2.05, 4.69) is 20.5 Å². The fourth-order valence-electron chi connectivity index (χ4n) is 2.69. The molecule has 1 amide bonds. The zero-order valence-corrected chi connectivity index (χ0v) is 14.8. The van der Waals surface area contributed by atoms with Gasteiger partial charge in [0.15, 0.2) is 0 Å². The van der Waals surface area contributed by atoms with Gasteiger partial charge in [0, 0.05) is 13.1 Å². The van der Waals surface area contributed by atoms with Crippen LogP contribution < -0.4 is 5.32 Å². The van der Waals surface area contributed by atoms with E-state index in [1.54, 1.807) is 22.5 Å². The Morgan fingerprint density at radius 2 is 1.88 bits per heavy atom. The summed E-state index contributed by atoms with van der Waals surface area (Å²) in [7, 11) is 1.75. The molecule has 0 bridgehead atoms. The summed E-state index contributed by atoms with van der Waals surface area (Å²) >= 11 is 1.53. The molecule has 0 unspecified atom stereocenters. The van der Waals surface area contributed by atoms with E-state index in [0.29, 0.717) is 16.6 Å². The van der Waals surface area contributed by atoms with E-state index in [1.165, 1.54) is 11.3 Å². The highest BCUT2D eigenvalue weighted by Gasteiger charge is 2.17. The van der Waals surface area contributed by atoms with Gasteiger partial charge in [0.1, 0.15) is 11.5 Å². The van der Waals surface area contributed by atoms with E-state index in [0.717, 1.165) is 21.6 Å². The third kappa shape index (κ3) is 2.80. The summed E-state index contributed by atoms with van der Waals surface area (Å²) in [4.78, 5) is 17.2. The van der Waals surface area contributed by atoms with Crippen molar-refractivity contribution in [3.8, 4) is 5.13 Å². The number of anilines is 1. The number of carbonyl (C=O) groups excluding carboxylic acids is 1. The predicted octanol–water partition coefficient (Wildman–Crippen LogP) is 3.08. The lowest BCUT2D eigenvalue weighted by molar-refractivity contribution is 0.101. The Balaban J connectivity index is 1.71. The highest BCUT2D eigenvalue weighted by Crippen LogP contribution is 2.27. The first-order valence-electron chi connectivity index (χ1n) is 7.76. The number of benzene rings is 1. The van der Waals surface area contributed by atoms with E-state index >= 15 is 0 Å². The zero-order valence-electron chi connectivity index (χ0n) is 14.0. The van der Waals surface area contributed by atoms with Crippen molar-refractivity contribution in [3.63, 3.8) is 0 Å². The van der Waals surface area contributed by atoms with Crippen LogP contribution in [0.1, 0.15) is 21.9 Å². The van der Waals surface area contributed by atoms with Crippen molar-refractivity contribution < 1.29 is 4.79 Å². The molecule has 0 fully saturated rings. The Morgan fingerprint density at radius 1 is 1.12 bits per heavy atom. The molecule has 1 N–H and O–H groups in total. The second-order valence-electron chi connectivity index (χ2n) is 5.80. The summed E-state index contributed by atoms with van der Waals surface area (Å²) in [5.41, 5.74) is 3.00. The van der Waals surface area contributed by atoms with Crippen LogP contribution in [0, 0.1) is 13.8 Å². The Labute approximate surface area is 147 Å². The van der Waals surface area contributed by atoms with Crippen molar-refractivity contribution in [2.75, 3.05) is 5.32 Å². The highest BCUT2D eigenvalue weighted by atomic mass is 32.1. The Bertz CT molecular complexity index is 1060. The van der Waals surface area contributed by atoms with Crippen LogP contribution in [-0.2, 0) is 7.05 Å². The number of hydrogen-bond acceptors (Lipinski definition) is 5. The summed E-state index contributed by atoms with van der Waals surface area (Å²) in [5, 5.41) is 12.3. The van der Waals surface area contributed by atoms with Crippen LogP contribution in [0.2, 0.25) is 0 Å². The summed E-state index contributed by atoms with van der Waals surface area (Å²) in [6, 6.07) is 11.5. The van der Waals surface area contributed by atoms with Gasteiger partial charge in [-0.1, -0.05) is 23.5 Å². The predicted molar refractivity (Wildman–Crippen MR) is 97.4 cm³/mol. The number of hydrogen-bond donors (Lipinski definition) is 1. The minimum atomic E-state index is -0.231. The van der Waals surface area contributed by atoms with Crippen LogP contribution in [0.3, 0.4) is 0 Å². The molecule has 0 spiro atoms. The number of rotatable bonds is 3. The van der Waals surface area contributed by atoms with E-state index in [4.69, 9.17) is 0 Å². The van der Waals surface area contributed by atoms with Gasteiger partial charge in [0.25, 0.3) is 5.91 Å². The van der Waals surface area contributed by atoms with Crippen LogP contribution in [-0.4, -0.2) is 30.5 Å². The smallest absolute Gasteiger partial charge is 0.275 e. The zero-order chi connectivity index (χ0) is 17.6. The molecule has 25 heavy (non-hydrogen) atoms. The van der Waals surface area contributed by atoms with Crippen LogP contribution in [0.5, 0.6) is 0 Å². The average molecular weight is 352 g/mol. The van der Waals surface area contributed by atoms with E-state index in [1.807, 2.05) is 44.2 Å². The summed E-state index contributed by atoms with van der Waals surface area (Å²) in [6.07, 6.45) is 0. The van der Waals surface area contributed by atoms with Crippen molar-refractivity contribution >= 4 is 33.3 Å². The first-order chi connectivity index (χ1) is 12.0. The molecule has 0 radical (unpaired) electrons. The van der Waals surface area contributed by atoms with Crippen molar-refractivity contribution in [3.05, 3.63) is 53.5 Å². The van der Waals surface area contributed by atoms with Crippen molar-refractivity contribution in [1.29, 1.82) is 0 Å². The molecule has 0 saturated carbocycles. The second-order valence-corrected chi connectivity index (χ2v) is 6.80. The van der Waals surface area contributed by atoms with Crippen LogP contribution in [0.4, 0.5) is 5.82 Å². The van der Waals surface area contributed by atoms with Crippen molar-refractivity contribution in [2.45, 2.75) is 13.8 Å². The number of carbonyl (C=O) groups is 1. The molecule has 7 nitrogen and oxygen atoms in total. The highest BCUT2D eigenvalue weighted by molar-refractivity contribution is 7.20. The van der Waals surface area contributed by atoms with Gasteiger partial charge in [-0.3, -0.25) is 9.48 Å². The number of aryl methyl sites for hydroxylation is 3. The van der Waals surface area contributed by atoms with Crippen LogP contribution >= 0.6 is 11.3 Å². The van der Waals surface area contributed by atoms with Gasteiger partial charge in [0.05, 0.1) is 21.6 Å². The lowest BCUT2D eigenvalue weighted by Crippen LogP contribution is -2.18. The maximum atomic E-state index is 12.6. The molecular weight excluding hydrogens is 336 g/mol. The van der Waals surface area contributed by atoms with Gasteiger partial charge in [-0.2, -0.15) is 14.9 Å². The summed E-state index contributed by atoms with van der Waals surface area (Å²) in [5.74, 6) is 0.353. The molecule has 0 aliphatic heterocycles. The molecule has 0 aliphatic rings. The first-order valence-corrected chi connectivity index (χ1v) is 8.57. The number of nitrogens with one attached hydrogen (secondary N) is 1. The third-order valence-electron chi connectivity index (χ3n) is 3.77. The Morgan fingerprint density at radius 3 is 2.60 bits per heavy atom. The van der Waals surface area contributed by atoms with E-state index < -0.39 is 0 Å². The van der Waals surface area contributed by atoms with E-state index in [9.17, 15) is 4.79 Å². The molecule has 0 aliphatic carbocycles. The molecule has 8 heteroatoms. The summed E-state index contributed by atoms with van der Waals surface area (Å²) < 4.78 is 4.31. The van der Waals surface area contributed by atoms with Gasteiger partial charge < -0.3 is 5.32 Å². The molecule has 4 rings (SSSR count). The van der Waals surface area contributed by atoms with E-state index in [-0.39, 0.29) is 5.91 Å². The van der Waals surface area contributed by atoms with Crippen LogP contribution in [0.25, 0.3) is 15.3 Å². The normalized spacial score (nSPS) is 11.2. The monoisotopic (exact) mass is 352 g/mol. The largest absolute Gasteiger partial charge is 0.305 e. The molecule has 1 aromatic carbocycles. The minimum Gasteiger partial charge on any atom is -0.305 e. The lowest BCUT2D eigenvalue weighted by Gasteiger charge is -2.06. The van der Waals surface area contributed by atoms with Gasteiger partial charge in [-0.25, -0.2) is 4.98 Å².